The molecule has 2 aromatic rings. The molecule has 2 rings (SSSR count). The van der Waals surface area contributed by atoms with Gasteiger partial charge >= 0.3 is 5.97 Å². The van der Waals surface area contributed by atoms with Crippen molar-refractivity contribution >= 4 is 28.6 Å². The second kappa shape index (κ2) is 6.93. The maximum absolute atomic E-state index is 11.2. The highest BCUT2D eigenvalue weighted by molar-refractivity contribution is 14.1. The number of rotatable bonds is 6. The zero-order valence-electron chi connectivity index (χ0n) is 11.9. The highest BCUT2D eigenvalue weighted by Crippen LogP contribution is 2.22. The van der Waals surface area contributed by atoms with Gasteiger partial charge in [0.25, 0.3) is 0 Å². The fourth-order valence-electron chi connectivity index (χ4n) is 1.83. The number of halogens is 1. The highest BCUT2D eigenvalue weighted by atomic mass is 127. The molecule has 0 aliphatic carbocycles. The van der Waals surface area contributed by atoms with Crippen LogP contribution in [0.2, 0.25) is 0 Å². The van der Waals surface area contributed by atoms with E-state index >= 15 is 0 Å². The molecule has 0 spiro atoms. The van der Waals surface area contributed by atoms with Gasteiger partial charge in [-0.15, -0.1) is 0 Å². The summed E-state index contributed by atoms with van der Waals surface area (Å²) in [7, 11) is 0. The first-order chi connectivity index (χ1) is 10.0. The van der Waals surface area contributed by atoms with Crippen LogP contribution >= 0.6 is 22.6 Å². The summed E-state index contributed by atoms with van der Waals surface area (Å²) in [6.45, 7) is 4.46. The Balaban J connectivity index is 2.09. The minimum atomic E-state index is -0.992. The molecule has 0 radical (unpaired) electrons. The molecule has 1 heterocycles. The van der Waals surface area contributed by atoms with E-state index in [9.17, 15) is 9.90 Å². The van der Waals surface area contributed by atoms with Crippen molar-refractivity contribution in [1.29, 1.82) is 0 Å². The standard InChI is InChI=1S/C15H17IN2O3/c1-3-10(2)18-7-6-12(17-18)9-21-14-5-4-11(16)8-13(14)15(19)20/h4-8,10H,3,9H2,1-2H3,(H,19,20). The summed E-state index contributed by atoms with van der Waals surface area (Å²) in [5.74, 6) is -0.630. The number of ether oxygens (including phenoxy) is 1. The first-order valence-electron chi connectivity index (χ1n) is 6.71. The minimum Gasteiger partial charge on any atom is -0.486 e. The summed E-state index contributed by atoms with van der Waals surface area (Å²) in [4.78, 5) is 11.2. The smallest absolute Gasteiger partial charge is 0.339 e. The summed E-state index contributed by atoms with van der Waals surface area (Å²) >= 11 is 2.08. The summed E-state index contributed by atoms with van der Waals surface area (Å²) in [5, 5.41) is 13.6. The Hall–Kier alpha value is -1.57. The first kappa shape index (κ1) is 15.8. The zero-order chi connectivity index (χ0) is 15.4. The molecule has 1 aromatic carbocycles. The fraction of sp³-hybridized carbons (Fsp3) is 0.333. The van der Waals surface area contributed by atoms with Crippen LogP contribution in [-0.4, -0.2) is 20.9 Å². The van der Waals surface area contributed by atoms with Crippen molar-refractivity contribution in [2.45, 2.75) is 32.9 Å². The van der Waals surface area contributed by atoms with Crippen LogP contribution in [-0.2, 0) is 6.61 Å². The van der Waals surface area contributed by atoms with E-state index in [-0.39, 0.29) is 12.2 Å². The van der Waals surface area contributed by atoms with Gasteiger partial charge in [-0.05, 0) is 60.2 Å². The number of aromatic carboxylic acids is 1. The van der Waals surface area contributed by atoms with E-state index in [1.165, 1.54) is 0 Å². The van der Waals surface area contributed by atoms with Gasteiger partial charge in [0.1, 0.15) is 17.9 Å². The van der Waals surface area contributed by atoms with Crippen molar-refractivity contribution in [3.63, 3.8) is 0 Å². The van der Waals surface area contributed by atoms with E-state index in [1.807, 2.05) is 23.0 Å². The molecule has 1 N–H and O–H groups in total. The lowest BCUT2D eigenvalue weighted by Crippen LogP contribution is -2.07. The molecule has 21 heavy (non-hydrogen) atoms. The number of carboxylic acids is 1. The molecule has 0 saturated carbocycles. The Kier molecular flexibility index (Phi) is 5.22. The monoisotopic (exact) mass is 400 g/mol. The molecule has 0 aliphatic rings. The lowest BCUT2D eigenvalue weighted by molar-refractivity contribution is 0.0691. The maximum Gasteiger partial charge on any atom is 0.339 e. The van der Waals surface area contributed by atoms with Gasteiger partial charge in [-0.2, -0.15) is 5.10 Å². The van der Waals surface area contributed by atoms with Crippen LogP contribution in [0.5, 0.6) is 5.75 Å². The quantitative estimate of drug-likeness (QED) is 0.751. The van der Waals surface area contributed by atoms with Crippen LogP contribution in [0, 0.1) is 3.57 Å². The third kappa shape index (κ3) is 3.96. The molecule has 0 saturated heterocycles. The lowest BCUT2D eigenvalue weighted by Gasteiger charge is -2.09. The summed E-state index contributed by atoms with van der Waals surface area (Å²) in [6, 6.07) is 7.32. The lowest BCUT2D eigenvalue weighted by atomic mass is 10.2. The Bertz CT molecular complexity index is 640. The van der Waals surface area contributed by atoms with E-state index in [2.05, 4.69) is 41.5 Å². The Morgan fingerprint density at radius 2 is 2.24 bits per heavy atom. The molecule has 112 valence electrons. The van der Waals surface area contributed by atoms with Gasteiger partial charge in [0, 0.05) is 15.8 Å². The fourth-order valence-corrected chi connectivity index (χ4v) is 2.33. The van der Waals surface area contributed by atoms with Crippen LogP contribution in [0.4, 0.5) is 0 Å². The van der Waals surface area contributed by atoms with Crippen LogP contribution in [0.1, 0.15) is 42.4 Å². The number of hydrogen-bond acceptors (Lipinski definition) is 3. The van der Waals surface area contributed by atoms with E-state index in [1.54, 1.807) is 12.1 Å². The molecule has 0 bridgehead atoms. The highest BCUT2D eigenvalue weighted by Gasteiger charge is 2.13. The Morgan fingerprint density at radius 3 is 2.90 bits per heavy atom. The number of nitrogens with zero attached hydrogens (tertiary/aromatic N) is 2. The van der Waals surface area contributed by atoms with Crippen LogP contribution in [0.25, 0.3) is 0 Å². The first-order valence-corrected chi connectivity index (χ1v) is 7.78. The van der Waals surface area contributed by atoms with Crippen molar-refractivity contribution in [1.82, 2.24) is 9.78 Å². The van der Waals surface area contributed by atoms with Gasteiger partial charge in [0.2, 0.25) is 0 Å². The van der Waals surface area contributed by atoms with Gasteiger partial charge < -0.3 is 9.84 Å². The van der Waals surface area contributed by atoms with E-state index in [0.717, 1.165) is 15.7 Å². The van der Waals surface area contributed by atoms with E-state index in [4.69, 9.17) is 4.74 Å². The summed E-state index contributed by atoms with van der Waals surface area (Å²) in [5.41, 5.74) is 0.952. The molecule has 1 aromatic heterocycles. The van der Waals surface area contributed by atoms with Crippen LogP contribution < -0.4 is 4.74 Å². The number of hydrogen-bond donors (Lipinski definition) is 1. The van der Waals surface area contributed by atoms with Crippen LogP contribution in [0.3, 0.4) is 0 Å². The second-order valence-electron chi connectivity index (χ2n) is 4.78. The molecule has 5 nitrogen and oxygen atoms in total. The molecule has 1 unspecified atom stereocenters. The van der Waals surface area contributed by atoms with Crippen molar-refractivity contribution in [3.05, 3.63) is 45.3 Å². The van der Waals surface area contributed by atoms with Crippen molar-refractivity contribution in [2.24, 2.45) is 0 Å². The number of aromatic nitrogens is 2. The summed E-state index contributed by atoms with van der Waals surface area (Å²) < 4.78 is 8.36. The molecule has 6 heteroatoms. The average molecular weight is 400 g/mol. The van der Waals surface area contributed by atoms with E-state index in [0.29, 0.717) is 11.8 Å². The number of carbonyl (C=O) groups is 1. The predicted molar refractivity (Wildman–Crippen MR) is 87.7 cm³/mol. The molecular weight excluding hydrogens is 383 g/mol. The topological polar surface area (TPSA) is 64.3 Å². The SMILES string of the molecule is CCC(C)n1ccc(COc2ccc(I)cc2C(=O)O)n1. The second-order valence-corrected chi connectivity index (χ2v) is 6.02. The molecule has 0 amide bonds. The van der Waals surface area contributed by atoms with Crippen molar-refractivity contribution in [3.8, 4) is 5.75 Å². The molecule has 0 fully saturated rings. The molecule has 0 aliphatic heterocycles. The third-order valence-electron chi connectivity index (χ3n) is 3.25. The summed E-state index contributed by atoms with van der Waals surface area (Å²) in [6.07, 6.45) is 2.92. The van der Waals surface area contributed by atoms with Gasteiger partial charge in [0.05, 0.1) is 5.69 Å². The molecular formula is C15H17IN2O3. The van der Waals surface area contributed by atoms with Crippen LogP contribution in [0.15, 0.2) is 30.5 Å². The van der Waals surface area contributed by atoms with Gasteiger partial charge in [-0.1, -0.05) is 6.92 Å². The third-order valence-corrected chi connectivity index (χ3v) is 3.92. The maximum atomic E-state index is 11.2. The van der Waals surface area contributed by atoms with Crippen molar-refractivity contribution < 1.29 is 14.6 Å². The molecule has 1 atom stereocenters. The predicted octanol–water partition coefficient (Wildman–Crippen LogP) is 3.74. The zero-order valence-corrected chi connectivity index (χ0v) is 14.1. The van der Waals surface area contributed by atoms with Gasteiger partial charge in [-0.25, -0.2) is 4.79 Å². The Morgan fingerprint density at radius 1 is 1.48 bits per heavy atom. The number of benzene rings is 1. The normalized spacial score (nSPS) is 12.1. The number of carboxylic acid groups (broad SMARTS) is 1. The Labute approximate surface area is 137 Å². The van der Waals surface area contributed by atoms with Gasteiger partial charge in [-0.3, -0.25) is 4.68 Å². The van der Waals surface area contributed by atoms with Gasteiger partial charge in [0.15, 0.2) is 0 Å². The largest absolute Gasteiger partial charge is 0.486 e. The average Bonchev–Trinajstić information content (AvgIpc) is 2.93. The minimum absolute atomic E-state index is 0.170. The van der Waals surface area contributed by atoms with Crippen molar-refractivity contribution in [2.75, 3.05) is 0 Å². The van der Waals surface area contributed by atoms with E-state index < -0.39 is 5.97 Å².